The molecule has 1 heterocycles. The second-order valence-corrected chi connectivity index (χ2v) is 5.47. The van der Waals surface area contributed by atoms with Crippen LogP contribution in [0.1, 0.15) is 34.8 Å². The fraction of sp³-hybridized carbons (Fsp3) is 0.235. The number of nitrogens with one attached hydrogen (secondary N) is 1. The molecule has 0 aliphatic carbocycles. The molecule has 6 nitrogen and oxygen atoms in total. The van der Waals surface area contributed by atoms with E-state index < -0.39 is 22.3 Å². The maximum absolute atomic E-state index is 13.4. The fourth-order valence-electron chi connectivity index (χ4n) is 2.76. The molecule has 0 saturated carbocycles. The van der Waals surface area contributed by atoms with E-state index >= 15 is 0 Å². The Morgan fingerprint density at radius 3 is 2.88 bits per heavy atom. The molecule has 1 aliphatic rings. The van der Waals surface area contributed by atoms with Crippen molar-refractivity contribution in [2.75, 3.05) is 6.61 Å². The third-order valence-corrected chi connectivity index (χ3v) is 3.89. The van der Waals surface area contributed by atoms with Crippen LogP contribution in [0.15, 0.2) is 42.5 Å². The molecule has 0 unspecified atom stereocenters. The smallest absolute Gasteiger partial charge is 0.282 e. The number of amides is 1. The first kappa shape index (κ1) is 15.9. The third-order valence-electron chi connectivity index (χ3n) is 3.89. The molecule has 0 aromatic heterocycles. The van der Waals surface area contributed by atoms with E-state index in [-0.39, 0.29) is 11.6 Å². The molecular formula is C17H15FN2O4. The minimum atomic E-state index is -0.699. The number of hydrogen-bond donors (Lipinski definition) is 1. The van der Waals surface area contributed by atoms with Crippen molar-refractivity contribution in [2.45, 2.75) is 18.9 Å². The van der Waals surface area contributed by atoms with Crippen LogP contribution in [0.4, 0.5) is 10.1 Å². The number of benzene rings is 2. The van der Waals surface area contributed by atoms with Crippen LogP contribution in [-0.4, -0.2) is 17.4 Å². The zero-order valence-electron chi connectivity index (χ0n) is 12.7. The van der Waals surface area contributed by atoms with E-state index in [4.69, 9.17) is 4.74 Å². The summed E-state index contributed by atoms with van der Waals surface area (Å²) in [6, 6.07) is 9.80. The number of ether oxygens (including phenoxy) is 1. The number of hydrogen-bond acceptors (Lipinski definition) is 4. The monoisotopic (exact) mass is 330 g/mol. The Kier molecular flexibility index (Phi) is 4.41. The SMILES string of the molecule is O=C(N[C@@H]1CCCOc2ccccc21)c1cc(F)ccc1[N+](=O)[O-]. The molecule has 2 aromatic rings. The van der Waals surface area contributed by atoms with Gasteiger partial charge >= 0.3 is 0 Å². The van der Waals surface area contributed by atoms with Crippen LogP contribution in [0, 0.1) is 15.9 Å². The number of carbonyl (C=O) groups is 1. The molecule has 1 atom stereocenters. The summed E-state index contributed by atoms with van der Waals surface area (Å²) in [5.41, 5.74) is 0.0945. The van der Waals surface area contributed by atoms with E-state index in [0.29, 0.717) is 18.8 Å². The molecule has 0 spiro atoms. The molecule has 7 heteroatoms. The number of fused-ring (bicyclic) bond motifs is 1. The highest BCUT2D eigenvalue weighted by Crippen LogP contribution is 2.31. The normalized spacial score (nSPS) is 16.5. The van der Waals surface area contributed by atoms with Crippen molar-refractivity contribution >= 4 is 11.6 Å². The summed E-state index contributed by atoms with van der Waals surface area (Å²) in [4.78, 5) is 22.9. The van der Waals surface area contributed by atoms with Gasteiger partial charge in [-0.1, -0.05) is 18.2 Å². The maximum Gasteiger partial charge on any atom is 0.282 e. The second-order valence-electron chi connectivity index (χ2n) is 5.47. The third kappa shape index (κ3) is 3.19. The number of halogens is 1. The van der Waals surface area contributed by atoms with Crippen LogP contribution in [0.3, 0.4) is 0 Å². The lowest BCUT2D eigenvalue weighted by atomic mass is 10.0. The molecule has 2 aromatic carbocycles. The van der Waals surface area contributed by atoms with Crippen molar-refractivity contribution < 1.29 is 18.8 Å². The number of rotatable bonds is 3. The lowest BCUT2D eigenvalue weighted by Gasteiger charge is -2.18. The predicted molar refractivity (Wildman–Crippen MR) is 84.4 cm³/mol. The van der Waals surface area contributed by atoms with Crippen molar-refractivity contribution in [1.29, 1.82) is 0 Å². The van der Waals surface area contributed by atoms with Gasteiger partial charge < -0.3 is 10.1 Å². The van der Waals surface area contributed by atoms with Crippen LogP contribution in [0.2, 0.25) is 0 Å². The molecule has 0 radical (unpaired) electrons. The Morgan fingerprint density at radius 2 is 2.08 bits per heavy atom. The van der Waals surface area contributed by atoms with Gasteiger partial charge in [-0.2, -0.15) is 0 Å². The lowest BCUT2D eigenvalue weighted by molar-refractivity contribution is -0.385. The van der Waals surface area contributed by atoms with Crippen molar-refractivity contribution in [2.24, 2.45) is 0 Å². The minimum Gasteiger partial charge on any atom is -0.493 e. The predicted octanol–water partition coefficient (Wildman–Crippen LogP) is 3.38. The van der Waals surface area contributed by atoms with Gasteiger partial charge in [-0.25, -0.2) is 4.39 Å². The highest BCUT2D eigenvalue weighted by molar-refractivity contribution is 5.98. The summed E-state index contributed by atoms with van der Waals surface area (Å²) in [5, 5.41) is 13.8. The van der Waals surface area contributed by atoms with Gasteiger partial charge in [0, 0.05) is 11.6 Å². The van der Waals surface area contributed by atoms with Crippen molar-refractivity contribution in [3.05, 3.63) is 69.5 Å². The molecule has 0 bridgehead atoms. The fourth-order valence-corrected chi connectivity index (χ4v) is 2.76. The first-order valence-electron chi connectivity index (χ1n) is 7.53. The molecule has 0 fully saturated rings. The van der Waals surface area contributed by atoms with Crippen LogP contribution < -0.4 is 10.1 Å². The molecule has 1 aliphatic heterocycles. The first-order valence-corrected chi connectivity index (χ1v) is 7.53. The van der Waals surface area contributed by atoms with E-state index in [0.717, 1.165) is 30.2 Å². The van der Waals surface area contributed by atoms with E-state index in [1.165, 1.54) is 0 Å². The van der Waals surface area contributed by atoms with E-state index in [1.54, 1.807) is 0 Å². The minimum absolute atomic E-state index is 0.289. The number of para-hydroxylation sites is 1. The molecule has 3 rings (SSSR count). The standard InChI is InChI=1S/C17H15FN2O4/c18-11-7-8-15(20(22)23)13(10-11)17(21)19-14-5-3-9-24-16-6-2-1-4-12(14)16/h1-2,4,6-8,10,14H,3,5,9H2,(H,19,21)/t14-/m1/s1. The van der Waals surface area contributed by atoms with Crippen molar-refractivity contribution in [3.8, 4) is 5.75 Å². The highest BCUT2D eigenvalue weighted by Gasteiger charge is 2.26. The van der Waals surface area contributed by atoms with Crippen LogP contribution >= 0.6 is 0 Å². The van der Waals surface area contributed by atoms with E-state index in [9.17, 15) is 19.3 Å². The first-order chi connectivity index (χ1) is 11.6. The van der Waals surface area contributed by atoms with Gasteiger partial charge in [0.15, 0.2) is 0 Å². The van der Waals surface area contributed by atoms with Gasteiger partial charge in [0.1, 0.15) is 17.1 Å². The molecule has 1 amide bonds. The number of carbonyl (C=O) groups excluding carboxylic acids is 1. The van der Waals surface area contributed by atoms with Gasteiger partial charge in [-0.15, -0.1) is 0 Å². The Hall–Kier alpha value is -2.96. The summed E-state index contributed by atoms with van der Waals surface area (Å²) in [6.07, 6.45) is 1.36. The highest BCUT2D eigenvalue weighted by atomic mass is 19.1. The molecule has 0 saturated heterocycles. The lowest BCUT2D eigenvalue weighted by Crippen LogP contribution is -2.29. The van der Waals surface area contributed by atoms with Gasteiger partial charge in [-0.05, 0) is 31.0 Å². The zero-order chi connectivity index (χ0) is 17.1. The molecule has 124 valence electrons. The molecular weight excluding hydrogens is 315 g/mol. The van der Waals surface area contributed by atoms with Crippen molar-refractivity contribution in [3.63, 3.8) is 0 Å². The quantitative estimate of drug-likeness (QED) is 0.691. The van der Waals surface area contributed by atoms with Gasteiger partial charge in [0.05, 0.1) is 17.6 Å². The average Bonchev–Trinajstić information content (AvgIpc) is 2.77. The summed E-state index contributed by atoms with van der Waals surface area (Å²) in [5.74, 6) is -0.702. The maximum atomic E-state index is 13.4. The van der Waals surface area contributed by atoms with Crippen LogP contribution in [-0.2, 0) is 0 Å². The van der Waals surface area contributed by atoms with E-state index in [2.05, 4.69) is 5.32 Å². The molecule has 24 heavy (non-hydrogen) atoms. The number of nitro groups is 1. The summed E-state index contributed by atoms with van der Waals surface area (Å²) in [7, 11) is 0. The number of nitro benzene ring substituents is 1. The Balaban J connectivity index is 1.90. The largest absolute Gasteiger partial charge is 0.493 e. The Bertz CT molecular complexity index is 794. The van der Waals surface area contributed by atoms with Gasteiger partial charge in [0.2, 0.25) is 0 Å². The van der Waals surface area contributed by atoms with Crippen molar-refractivity contribution in [1.82, 2.24) is 5.32 Å². The zero-order valence-corrected chi connectivity index (χ0v) is 12.7. The summed E-state index contributed by atoms with van der Waals surface area (Å²) >= 11 is 0. The average molecular weight is 330 g/mol. The van der Waals surface area contributed by atoms with Gasteiger partial charge in [0.25, 0.3) is 11.6 Å². The Labute approximate surface area is 137 Å². The summed E-state index contributed by atoms with van der Waals surface area (Å²) in [6.45, 7) is 0.531. The Morgan fingerprint density at radius 1 is 1.29 bits per heavy atom. The van der Waals surface area contributed by atoms with E-state index in [1.807, 2.05) is 24.3 Å². The van der Waals surface area contributed by atoms with Crippen LogP contribution in [0.5, 0.6) is 5.75 Å². The molecule has 1 N–H and O–H groups in total. The summed E-state index contributed by atoms with van der Waals surface area (Å²) < 4.78 is 19.1. The topological polar surface area (TPSA) is 81.5 Å². The second kappa shape index (κ2) is 6.66. The number of nitrogens with zero attached hydrogens (tertiary/aromatic N) is 1. The van der Waals surface area contributed by atoms with Crippen LogP contribution in [0.25, 0.3) is 0 Å². The van der Waals surface area contributed by atoms with Gasteiger partial charge in [-0.3, -0.25) is 14.9 Å².